The summed E-state index contributed by atoms with van der Waals surface area (Å²) < 4.78 is 0. The van der Waals surface area contributed by atoms with Crippen LogP contribution in [0.5, 0.6) is 0 Å². The summed E-state index contributed by atoms with van der Waals surface area (Å²) in [7, 11) is 0. The van der Waals surface area contributed by atoms with E-state index in [9.17, 15) is 4.79 Å². The molecule has 0 aromatic heterocycles. The monoisotopic (exact) mass is 250 g/mol. The van der Waals surface area contributed by atoms with Gasteiger partial charge in [-0.25, -0.2) is 0 Å². The molecule has 0 aromatic carbocycles. The van der Waals surface area contributed by atoms with Crippen LogP contribution in [-0.4, -0.2) is 36.0 Å². The van der Waals surface area contributed by atoms with E-state index in [0.29, 0.717) is 23.9 Å². The summed E-state index contributed by atoms with van der Waals surface area (Å²) in [5.74, 6) is 0.826. The summed E-state index contributed by atoms with van der Waals surface area (Å²) in [4.78, 5) is 14.9. The van der Waals surface area contributed by atoms with E-state index in [1.807, 2.05) is 0 Å². The Morgan fingerprint density at radius 2 is 1.78 bits per heavy atom. The van der Waals surface area contributed by atoms with Crippen molar-refractivity contribution < 1.29 is 4.79 Å². The van der Waals surface area contributed by atoms with E-state index in [-0.39, 0.29) is 0 Å². The van der Waals surface area contributed by atoms with Crippen LogP contribution in [0.4, 0.5) is 0 Å². The first-order valence-corrected chi connectivity index (χ1v) is 7.88. The Hall–Kier alpha value is -0.570. The molecule has 1 unspecified atom stereocenters. The van der Waals surface area contributed by atoms with E-state index in [1.165, 1.54) is 44.9 Å². The summed E-state index contributed by atoms with van der Waals surface area (Å²) in [6, 6.07) is 1.15. The zero-order valence-electron chi connectivity index (χ0n) is 11.4. The molecule has 1 heterocycles. The molecule has 1 amide bonds. The lowest BCUT2D eigenvalue weighted by atomic mass is 9.88. The molecule has 1 aliphatic heterocycles. The van der Waals surface area contributed by atoms with Gasteiger partial charge in [0.2, 0.25) is 5.91 Å². The normalized spacial score (nSPS) is 29.4. The van der Waals surface area contributed by atoms with Gasteiger partial charge in [-0.05, 0) is 45.1 Å². The zero-order chi connectivity index (χ0) is 12.4. The van der Waals surface area contributed by atoms with E-state index < -0.39 is 0 Å². The van der Waals surface area contributed by atoms with E-state index >= 15 is 0 Å². The molecule has 1 atom stereocenters. The van der Waals surface area contributed by atoms with Crippen molar-refractivity contribution in [1.82, 2.24) is 10.2 Å². The largest absolute Gasteiger partial charge is 0.338 e. The zero-order valence-corrected chi connectivity index (χ0v) is 11.4. The van der Waals surface area contributed by atoms with Crippen molar-refractivity contribution in [3.8, 4) is 0 Å². The fourth-order valence-electron chi connectivity index (χ4n) is 3.54. The topological polar surface area (TPSA) is 32.3 Å². The molecule has 3 aliphatic rings. The third-order valence-corrected chi connectivity index (χ3v) is 4.80. The lowest BCUT2D eigenvalue weighted by Gasteiger charge is -2.31. The summed E-state index contributed by atoms with van der Waals surface area (Å²) in [5.41, 5.74) is 0. The van der Waals surface area contributed by atoms with Crippen LogP contribution in [0.2, 0.25) is 0 Å². The molecule has 0 radical (unpaired) electrons. The molecule has 0 spiro atoms. The second-order valence-electron chi connectivity index (χ2n) is 6.35. The molecule has 2 aliphatic carbocycles. The summed E-state index contributed by atoms with van der Waals surface area (Å²) in [6.07, 6.45) is 11.1. The second kappa shape index (κ2) is 5.60. The highest BCUT2D eigenvalue weighted by atomic mass is 16.2. The maximum atomic E-state index is 12.7. The average Bonchev–Trinajstić information content (AvgIpc) is 3.13. The Morgan fingerprint density at radius 3 is 2.39 bits per heavy atom. The number of nitrogens with one attached hydrogen (secondary N) is 1. The first kappa shape index (κ1) is 12.5. The van der Waals surface area contributed by atoms with Gasteiger partial charge in [0.05, 0.1) is 0 Å². The Bertz CT molecular complexity index is 289. The molecule has 1 N–H and O–H groups in total. The fraction of sp³-hybridized carbons (Fsp3) is 0.933. The fourth-order valence-corrected chi connectivity index (χ4v) is 3.54. The molecule has 3 rings (SSSR count). The molecule has 102 valence electrons. The lowest BCUT2D eigenvalue weighted by molar-refractivity contribution is -0.137. The molecule has 0 aromatic rings. The van der Waals surface area contributed by atoms with Crippen LogP contribution in [0, 0.1) is 5.92 Å². The Kier molecular flexibility index (Phi) is 3.88. The third-order valence-electron chi connectivity index (χ3n) is 4.80. The van der Waals surface area contributed by atoms with Crippen molar-refractivity contribution >= 4 is 5.91 Å². The van der Waals surface area contributed by atoms with E-state index in [0.717, 1.165) is 25.9 Å². The highest BCUT2D eigenvalue weighted by Gasteiger charge is 2.37. The minimum absolute atomic E-state index is 0.348. The van der Waals surface area contributed by atoms with Crippen LogP contribution in [0.1, 0.15) is 57.8 Å². The summed E-state index contributed by atoms with van der Waals surface area (Å²) in [5, 5.41) is 3.53. The van der Waals surface area contributed by atoms with Gasteiger partial charge in [-0.3, -0.25) is 4.79 Å². The number of rotatable bonds is 4. The van der Waals surface area contributed by atoms with Crippen molar-refractivity contribution in [2.45, 2.75) is 69.9 Å². The standard InChI is InChI=1S/C15H26N2O/c18-15(12-5-2-1-3-6-12)17(14-8-9-14)11-13-7-4-10-16-13/h12-14,16H,1-11H2. The van der Waals surface area contributed by atoms with Gasteiger partial charge in [0.1, 0.15) is 0 Å². The number of hydrogen-bond donors (Lipinski definition) is 1. The van der Waals surface area contributed by atoms with Gasteiger partial charge in [-0.2, -0.15) is 0 Å². The molecule has 3 heteroatoms. The molecule has 18 heavy (non-hydrogen) atoms. The van der Waals surface area contributed by atoms with Gasteiger partial charge < -0.3 is 10.2 Å². The molecular weight excluding hydrogens is 224 g/mol. The Balaban J connectivity index is 1.59. The molecule has 1 saturated heterocycles. The van der Waals surface area contributed by atoms with E-state index in [2.05, 4.69) is 10.2 Å². The van der Waals surface area contributed by atoms with Gasteiger partial charge in [0, 0.05) is 24.5 Å². The van der Waals surface area contributed by atoms with Crippen molar-refractivity contribution in [2.75, 3.05) is 13.1 Å². The molecule has 2 saturated carbocycles. The average molecular weight is 250 g/mol. The Labute approximate surface area is 110 Å². The van der Waals surface area contributed by atoms with E-state index in [4.69, 9.17) is 0 Å². The highest BCUT2D eigenvalue weighted by molar-refractivity contribution is 5.79. The molecule has 0 bridgehead atoms. The number of hydrogen-bond acceptors (Lipinski definition) is 2. The smallest absolute Gasteiger partial charge is 0.225 e. The van der Waals surface area contributed by atoms with Gasteiger partial charge in [0.15, 0.2) is 0 Å². The number of amides is 1. The first-order valence-electron chi connectivity index (χ1n) is 7.88. The maximum Gasteiger partial charge on any atom is 0.225 e. The maximum absolute atomic E-state index is 12.7. The van der Waals surface area contributed by atoms with Crippen LogP contribution in [0.3, 0.4) is 0 Å². The van der Waals surface area contributed by atoms with Gasteiger partial charge in [0.25, 0.3) is 0 Å². The van der Waals surface area contributed by atoms with Crippen molar-refractivity contribution in [1.29, 1.82) is 0 Å². The summed E-state index contributed by atoms with van der Waals surface area (Å²) in [6.45, 7) is 2.11. The first-order chi connectivity index (χ1) is 8.84. The molecule has 3 nitrogen and oxygen atoms in total. The number of nitrogens with zero attached hydrogens (tertiary/aromatic N) is 1. The van der Waals surface area contributed by atoms with Crippen LogP contribution in [0.25, 0.3) is 0 Å². The predicted molar refractivity (Wildman–Crippen MR) is 72.3 cm³/mol. The quantitative estimate of drug-likeness (QED) is 0.830. The van der Waals surface area contributed by atoms with Crippen molar-refractivity contribution in [2.24, 2.45) is 5.92 Å². The van der Waals surface area contributed by atoms with Gasteiger partial charge in [-0.1, -0.05) is 19.3 Å². The van der Waals surface area contributed by atoms with E-state index in [1.54, 1.807) is 0 Å². The van der Waals surface area contributed by atoms with Crippen molar-refractivity contribution in [3.63, 3.8) is 0 Å². The van der Waals surface area contributed by atoms with Gasteiger partial charge >= 0.3 is 0 Å². The van der Waals surface area contributed by atoms with Crippen molar-refractivity contribution in [3.05, 3.63) is 0 Å². The lowest BCUT2D eigenvalue weighted by Crippen LogP contribution is -2.45. The van der Waals surface area contributed by atoms with Crippen LogP contribution < -0.4 is 5.32 Å². The number of carbonyl (C=O) groups excluding carboxylic acids is 1. The van der Waals surface area contributed by atoms with Gasteiger partial charge in [-0.15, -0.1) is 0 Å². The van der Waals surface area contributed by atoms with Crippen LogP contribution >= 0.6 is 0 Å². The Morgan fingerprint density at radius 1 is 1.00 bits per heavy atom. The van der Waals surface area contributed by atoms with Crippen LogP contribution in [0.15, 0.2) is 0 Å². The summed E-state index contributed by atoms with van der Waals surface area (Å²) >= 11 is 0. The minimum Gasteiger partial charge on any atom is -0.338 e. The molecular formula is C15H26N2O. The highest BCUT2D eigenvalue weighted by Crippen LogP contribution is 2.32. The minimum atomic E-state index is 0.348. The molecule has 3 fully saturated rings. The number of carbonyl (C=O) groups is 1. The van der Waals surface area contributed by atoms with Crippen LogP contribution in [-0.2, 0) is 4.79 Å². The predicted octanol–water partition coefficient (Wildman–Crippen LogP) is 2.31. The second-order valence-corrected chi connectivity index (χ2v) is 6.35. The SMILES string of the molecule is O=C(C1CCCCC1)N(CC1CCCN1)C1CC1. The third kappa shape index (κ3) is 2.87.